The highest BCUT2D eigenvalue weighted by Gasteiger charge is 2.08. The molecule has 2 aromatic carbocycles. The highest BCUT2D eigenvalue weighted by atomic mass is 16.5. The van der Waals surface area contributed by atoms with E-state index in [2.05, 4.69) is 15.3 Å². The van der Waals surface area contributed by atoms with Crippen molar-refractivity contribution in [1.29, 1.82) is 0 Å². The van der Waals surface area contributed by atoms with E-state index in [0.717, 1.165) is 16.9 Å². The first-order chi connectivity index (χ1) is 13.7. The summed E-state index contributed by atoms with van der Waals surface area (Å²) in [5.74, 6) is 1.05. The fraction of sp³-hybridized carbons (Fsp3) is 0.0455. The lowest BCUT2D eigenvalue weighted by Crippen LogP contribution is -2.07. The molecule has 0 bridgehead atoms. The molecule has 6 heteroatoms. The van der Waals surface area contributed by atoms with Crippen LogP contribution in [-0.2, 0) is 4.79 Å². The van der Waals surface area contributed by atoms with Gasteiger partial charge in [0.05, 0.1) is 7.11 Å². The minimum absolute atomic E-state index is 0.213. The number of hydrogen-bond donors (Lipinski definition) is 1. The largest absolute Gasteiger partial charge is 0.497 e. The highest BCUT2D eigenvalue weighted by Crippen LogP contribution is 2.24. The molecule has 0 saturated carbocycles. The van der Waals surface area contributed by atoms with E-state index in [4.69, 9.17) is 9.15 Å². The summed E-state index contributed by atoms with van der Waals surface area (Å²) in [6, 6.07) is 18.4. The quantitative estimate of drug-likeness (QED) is 0.521. The first-order valence-electron chi connectivity index (χ1n) is 8.66. The van der Waals surface area contributed by atoms with Crippen molar-refractivity contribution in [3.8, 4) is 17.2 Å². The number of methoxy groups -OCH3 is 1. The number of rotatable bonds is 5. The predicted molar refractivity (Wildman–Crippen MR) is 108 cm³/mol. The molecule has 4 rings (SSSR count). The number of nitrogens with one attached hydrogen (secondary N) is 1. The van der Waals surface area contributed by atoms with E-state index in [-0.39, 0.29) is 5.91 Å². The maximum Gasteiger partial charge on any atom is 0.248 e. The molecule has 1 amide bonds. The van der Waals surface area contributed by atoms with E-state index < -0.39 is 0 Å². The Bertz CT molecular complexity index is 1100. The van der Waals surface area contributed by atoms with Gasteiger partial charge >= 0.3 is 0 Å². The number of amides is 1. The van der Waals surface area contributed by atoms with Crippen molar-refractivity contribution in [3.63, 3.8) is 0 Å². The molecule has 0 aliphatic rings. The van der Waals surface area contributed by atoms with Crippen LogP contribution in [0, 0.1) is 0 Å². The van der Waals surface area contributed by atoms with Gasteiger partial charge in [-0.15, -0.1) is 0 Å². The van der Waals surface area contributed by atoms with Crippen LogP contribution >= 0.6 is 0 Å². The molecular formula is C22H17N3O3. The van der Waals surface area contributed by atoms with Crippen molar-refractivity contribution in [3.05, 3.63) is 78.5 Å². The Morgan fingerprint density at radius 2 is 1.86 bits per heavy atom. The third-order valence-corrected chi connectivity index (χ3v) is 4.11. The molecule has 0 aliphatic heterocycles. The smallest absolute Gasteiger partial charge is 0.248 e. The molecule has 0 spiro atoms. The van der Waals surface area contributed by atoms with Gasteiger partial charge in [0.25, 0.3) is 0 Å². The van der Waals surface area contributed by atoms with Gasteiger partial charge in [-0.05, 0) is 60.2 Å². The van der Waals surface area contributed by atoms with Gasteiger partial charge in [-0.2, -0.15) is 4.98 Å². The Balaban J connectivity index is 1.42. The van der Waals surface area contributed by atoms with Gasteiger partial charge in [-0.3, -0.25) is 4.79 Å². The second-order valence-electron chi connectivity index (χ2n) is 6.02. The third-order valence-electron chi connectivity index (χ3n) is 4.11. The molecule has 2 heterocycles. The van der Waals surface area contributed by atoms with Crippen LogP contribution in [0.25, 0.3) is 28.8 Å². The van der Waals surface area contributed by atoms with Gasteiger partial charge in [0, 0.05) is 23.5 Å². The van der Waals surface area contributed by atoms with Gasteiger partial charge in [-0.25, -0.2) is 4.98 Å². The molecule has 0 fully saturated rings. The van der Waals surface area contributed by atoms with Crippen LogP contribution in [0.4, 0.5) is 5.69 Å². The zero-order chi connectivity index (χ0) is 19.3. The molecule has 6 nitrogen and oxygen atoms in total. The van der Waals surface area contributed by atoms with E-state index in [1.54, 1.807) is 37.6 Å². The van der Waals surface area contributed by atoms with Gasteiger partial charge < -0.3 is 14.5 Å². The summed E-state index contributed by atoms with van der Waals surface area (Å²) < 4.78 is 10.8. The molecule has 0 unspecified atom stereocenters. The molecule has 4 aromatic rings. The van der Waals surface area contributed by atoms with Crippen molar-refractivity contribution in [1.82, 2.24) is 9.97 Å². The number of aromatic nitrogens is 2. The van der Waals surface area contributed by atoms with Gasteiger partial charge in [0.1, 0.15) is 5.75 Å². The predicted octanol–water partition coefficient (Wildman–Crippen LogP) is 4.55. The first-order valence-corrected chi connectivity index (χ1v) is 8.66. The van der Waals surface area contributed by atoms with Gasteiger partial charge in [-0.1, -0.05) is 12.1 Å². The van der Waals surface area contributed by atoms with E-state index in [9.17, 15) is 4.79 Å². The van der Waals surface area contributed by atoms with Crippen LogP contribution in [0.15, 0.2) is 77.4 Å². The van der Waals surface area contributed by atoms with Crippen LogP contribution in [-0.4, -0.2) is 23.0 Å². The average Bonchev–Trinajstić information content (AvgIpc) is 3.17. The van der Waals surface area contributed by atoms with E-state index in [1.807, 2.05) is 42.5 Å². The third kappa shape index (κ3) is 3.91. The molecule has 0 saturated heterocycles. The van der Waals surface area contributed by atoms with Crippen LogP contribution in [0.5, 0.6) is 5.75 Å². The Morgan fingerprint density at radius 3 is 2.57 bits per heavy atom. The molecule has 0 atom stereocenters. The zero-order valence-corrected chi connectivity index (χ0v) is 15.1. The summed E-state index contributed by atoms with van der Waals surface area (Å²) in [5.41, 5.74) is 3.61. The Morgan fingerprint density at radius 1 is 1.07 bits per heavy atom. The summed E-state index contributed by atoms with van der Waals surface area (Å²) in [7, 11) is 1.62. The molecule has 1 N–H and O–H groups in total. The maximum atomic E-state index is 12.1. The molecule has 0 radical (unpaired) electrons. The average molecular weight is 371 g/mol. The number of fused-ring (bicyclic) bond motifs is 1. The summed E-state index contributed by atoms with van der Waals surface area (Å²) in [6.07, 6.45) is 4.91. The summed E-state index contributed by atoms with van der Waals surface area (Å²) in [4.78, 5) is 20.6. The second kappa shape index (κ2) is 7.75. The lowest BCUT2D eigenvalue weighted by atomic mass is 10.2. The van der Waals surface area contributed by atoms with Gasteiger partial charge in [0.2, 0.25) is 11.8 Å². The number of ether oxygens (including phenoxy) is 1. The number of pyridine rings is 1. The minimum Gasteiger partial charge on any atom is -0.497 e. The molecular weight excluding hydrogens is 354 g/mol. The van der Waals surface area contributed by atoms with E-state index >= 15 is 0 Å². The van der Waals surface area contributed by atoms with Crippen molar-refractivity contribution in [2.45, 2.75) is 0 Å². The Hall–Kier alpha value is -3.93. The highest BCUT2D eigenvalue weighted by molar-refractivity contribution is 6.02. The van der Waals surface area contributed by atoms with E-state index in [1.165, 1.54) is 6.08 Å². The normalized spacial score (nSPS) is 11.0. The number of oxazole rings is 1. The standard InChI is InChI=1S/C22H17N3O3/c1-27-18-11-4-15(5-12-18)6-13-20(26)24-17-9-7-16(8-10-17)22-25-21-19(28-22)3-2-14-23-21/h2-14H,1H3,(H,24,26). The molecule has 0 aliphatic carbocycles. The van der Waals surface area contributed by atoms with Crippen LogP contribution in [0.3, 0.4) is 0 Å². The maximum absolute atomic E-state index is 12.1. The summed E-state index contributed by atoms with van der Waals surface area (Å²) >= 11 is 0. The molecule has 2 aromatic heterocycles. The Kier molecular flexibility index (Phi) is 4.84. The topological polar surface area (TPSA) is 77.2 Å². The second-order valence-corrected chi connectivity index (χ2v) is 6.02. The first kappa shape index (κ1) is 17.5. The summed E-state index contributed by atoms with van der Waals surface area (Å²) in [6.45, 7) is 0. The number of anilines is 1. The van der Waals surface area contributed by atoms with Crippen LogP contribution < -0.4 is 10.1 Å². The lowest BCUT2D eigenvalue weighted by molar-refractivity contribution is -0.111. The monoisotopic (exact) mass is 371 g/mol. The molecule has 138 valence electrons. The number of nitrogens with zero attached hydrogens (tertiary/aromatic N) is 2. The minimum atomic E-state index is -0.213. The SMILES string of the molecule is COc1ccc(C=CC(=O)Nc2ccc(-c3nc4ncccc4o3)cc2)cc1. The van der Waals surface area contributed by atoms with Gasteiger partial charge in [0.15, 0.2) is 11.2 Å². The fourth-order valence-electron chi connectivity index (χ4n) is 2.66. The number of benzene rings is 2. The van der Waals surface area contributed by atoms with Crippen molar-refractivity contribution >= 4 is 28.9 Å². The molecule has 28 heavy (non-hydrogen) atoms. The zero-order valence-electron chi connectivity index (χ0n) is 15.1. The Labute approximate surface area is 161 Å². The number of carbonyl (C=O) groups is 1. The van der Waals surface area contributed by atoms with Crippen LogP contribution in [0.1, 0.15) is 5.56 Å². The van der Waals surface area contributed by atoms with E-state index in [0.29, 0.717) is 22.8 Å². The lowest BCUT2D eigenvalue weighted by Gasteiger charge is -2.03. The van der Waals surface area contributed by atoms with Crippen molar-refractivity contribution in [2.24, 2.45) is 0 Å². The van der Waals surface area contributed by atoms with Crippen molar-refractivity contribution < 1.29 is 13.9 Å². The fourth-order valence-corrected chi connectivity index (χ4v) is 2.66. The number of hydrogen-bond acceptors (Lipinski definition) is 5. The van der Waals surface area contributed by atoms with Crippen molar-refractivity contribution in [2.75, 3.05) is 12.4 Å². The van der Waals surface area contributed by atoms with Crippen LogP contribution in [0.2, 0.25) is 0 Å². The number of carbonyl (C=O) groups excluding carboxylic acids is 1. The summed E-state index contributed by atoms with van der Waals surface area (Å²) in [5, 5.41) is 2.83.